The van der Waals surface area contributed by atoms with Crippen LogP contribution in [0.4, 0.5) is 0 Å². The van der Waals surface area contributed by atoms with Crippen molar-refractivity contribution in [1.82, 2.24) is 0 Å². The SMILES string of the molecule is C=CCOC1(C)O[C@H]2O[C@@H](C)[C@H](OC(C)=O)[C@@H](O[C@H]3O[C@H](COC(C)=O)[C@@H](OC(C)=O)[C@H](OC(C)=O)[C@H]3OC(C)=O)[C@H]2O1. The number of carbonyl (C=O) groups excluding carboxylic acids is 5. The van der Waals surface area contributed by atoms with Crippen LogP contribution in [0, 0.1) is 0 Å². The summed E-state index contributed by atoms with van der Waals surface area (Å²) in [6, 6.07) is 0. The van der Waals surface area contributed by atoms with E-state index in [1.165, 1.54) is 19.9 Å². The molecular weight excluding hydrogens is 580 g/mol. The maximum absolute atomic E-state index is 12.2. The molecule has 3 saturated heterocycles. The summed E-state index contributed by atoms with van der Waals surface area (Å²) >= 11 is 0. The van der Waals surface area contributed by atoms with Crippen LogP contribution in [0.2, 0.25) is 0 Å². The minimum Gasteiger partial charge on any atom is -0.463 e. The predicted octanol–water partition coefficient (Wildman–Crippen LogP) is 0.423. The van der Waals surface area contributed by atoms with E-state index in [9.17, 15) is 24.0 Å². The number of carbonyl (C=O) groups is 5. The molecule has 3 fully saturated rings. The third kappa shape index (κ3) is 8.93. The molecule has 16 nitrogen and oxygen atoms in total. The topological polar surface area (TPSA) is 187 Å². The van der Waals surface area contributed by atoms with E-state index in [2.05, 4.69) is 6.58 Å². The summed E-state index contributed by atoms with van der Waals surface area (Å²) in [5.74, 6) is -5.38. The van der Waals surface area contributed by atoms with Crippen molar-refractivity contribution in [3.8, 4) is 0 Å². The van der Waals surface area contributed by atoms with Gasteiger partial charge in [0.25, 0.3) is 5.97 Å². The molecule has 0 spiro atoms. The zero-order valence-electron chi connectivity index (χ0n) is 25.0. The first-order chi connectivity index (χ1) is 20.1. The second-order valence-electron chi connectivity index (χ2n) is 10.1. The molecule has 0 bridgehead atoms. The van der Waals surface area contributed by atoms with Crippen LogP contribution in [0.5, 0.6) is 0 Å². The van der Waals surface area contributed by atoms with Gasteiger partial charge in [0.05, 0.1) is 12.7 Å². The molecule has 16 heteroatoms. The smallest absolute Gasteiger partial charge is 0.303 e. The first kappa shape index (κ1) is 34.3. The van der Waals surface area contributed by atoms with Gasteiger partial charge in [-0.25, -0.2) is 0 Å². The lowest BCUT2D eigenvalue weighted by atomic mass is 9.96. The molecule has 3 aliphatic rings. The average molecular weight is 619 g/mol. The second-order valence-corrected chi connectivity index (χ2v) is 10.1. The quantitative estimate of drug-likeness (QED) is 0.176. The standard InChI is InChI=1S/C27H38O16/c1-9-10-34-27(8)42-24-21(19(36-14(4)29)12(2)35-26(24)43-27)41-25-23(39-17(7)32)22(38-16(6)31)20(37-15(5)30)18(40-25)11-33-13(3)28/h9,12,18-26H,1,10-11H2,2-8H3/t12-,18+,19-,20+,21+,22-,23+,24+,25+,26+,27?/m0/s1. The molecule has 0 amide bonds. The number of fused-ring (bicyclic) bond motifs is 1. The van der Waals surface area contributed by atoms with Gasteiger partial charge in [0, 0.05) is 41.5 Å². The van der Waals surface area contributed by atoms with E-state index in [-0.39, 0.29) is 6.61 Å². The van der Waals surface area contributed by atoms with Crippen LogP contribution in [0.1, 0.15) is 48.5 Å². The predicted molar refractivity (Wildman–Crippen MR) is 137 cm³/mol. The maximum Gasteiger partial charge on any atom is 0.303 e. The lowest BCUT2D eigenvalue weighted by molar-refractivity contribution is -0.346. The summed E-state index contributed by atoms with van der Waals surface area (Å²) in [5.41, 5.74) is 0. The normalized spacial score (nSPS) is 36.9. The highest BCUT2D eigenvalue weighted by Gasteiger charge is 2.60. The van der Waals surface area contributed by atoms with Crippen LogP contribution >= 0.6 is 0 Å². The third-order valence-corrected chi connectivity index (χ3v) is 6.41. The van der Waals surface area contributed by atoms with Crippen molar-refractivity contribution in [2.75, 3.05) is 13.2 Å². The highest BCUT2D eigenvalue weighted by molar-refractivity contribution is 5.69. The number of ether oxygens (including phenoxy) is 11. The van der Waals surface area contributed by atoms with Gasteiger partial charge in [-0.2, -0.15) is 0 Å². The van der Waals surface area contributed by atoms with Gasteiger partial charge in [-0.15, -0.1) is 6.58 Å². The lowest BCUT2D eigenvalue weighted by Gasteiger charge is -2.47. The van der Waals surface area contributed by atoms with Crippen molar-refractivity contribution in [2.45, 2.75) is 116 Å². The molecule has 0 N–H and O–H groups in total. The van der Waals surface area contributed by atoms with Crippen LogP contribution < -0.4 is 0 Å². The Balaban J connectivity index is 2.05. The van der Waals surface area contributed by atoms with E-state index in [1.54, 1.807) is 6.92 Å². The second kappa shape index (κ2) is 14.5. The van der Waals surface area contributed by atoms with Crippen LogP contribution in [0.15, 0.2) is 12.7 Å². The third-order valence-electron chi connectivity index (χ3n) is 6.41. The van der Waals surface area contributed by atoms with E-state index in [0.29, 0.717) is 0 Å². The molecule has 43 heavy (non-hydrogen) atoms. The van der Waals surface area contributed by atoms with Gasteiger partial charge in [0.1, 0.15) is 24.9 Å². The summed E-state index contributed by atoms with van der Waals surface area (Å²) in [5, 5.41) is 0. The highest BCUT2D eigenvalue weighted by atomic mass is 16.9. The fourth-order valence-corrected chi connectivity index (χ4v) is 4.92. The Morgan fingerprint density at radius 2 is 1.30 bits per heavy atom. The van der Waals surface area contributed by atoms with Crippen molar-refractivity contribution in [3.63, 3.8) is 0 Å². The molecule has 11 atom stereocenters. The van der Waals surface area contributed by atoms with Crippen LogP contribution in [-0.4, -0.2) is 110 Å². The van der Waals surface area contributed by atoms with Gasteiger partial charge in [-0.05, 0) is 6.92 Å². The van der Waals surface area contributed by atoms with Crippen LogP contribution in [0.25, 0.3) is 0 Å². The summed E-state index contributed by atoms with van der Waals surface area (Å²) < 4.78 is 62.8. The van der Waals surface area contributed by atoms with Crippen molar-refractivity contribution in [1.29, 1.82) is 0 Å². The van der Waals surface area contributed by atoms with Gasteiger partial charge in [-0.1, -0.05) is 6.08 Å². The molecule has 3 aliphatic heterocycles. The first-order valence-corrected chi connectivity index (χ1v) is 13.5. The zero-order chi connectivity index (χ0) is 32.1. The molecule has 3 heterocycles. The number of rotatable bonds is 11. The monoisotopic (exact) mass is 618 g/mol. The Hall–Kier alpha value is -3.15. The van der Waals surface area contributed by atoms with Gasteiger partial charge < -0.3 is 47.4 Å². The largest absolute Gasteiger partial charge is 0.463 e. The average Bonchev–Trinajstić information content (AvgIpc) is 3.22. The molecule has 0 aromatic heterocycles. The molecule has 3 rings (SSSR count). The Morgan fingerprint density at radius 3 is 1.86 bits per heavy atom. The van der Waals surface area contributed by atoms with E-state index in [1.807, 2.05) is 0 Å². The maximum atomic E-state index is 12.2. The fourth-order valence-electron chi connectivity index (χ4n) is 4.92. The van der Waals surface area contributed by atoms with Gasteiger partial charge in [-0.3, -0.25) is 28.7 Å². The minimum absolute atomic E-state index is 0.0596. The zero-order valence-corrected chi connectivity index (χ0v) is 25.0. The molecule has 242 valence electrons. The molecule has 0 aliphatic carbocycles. The summed E-state index contributed by atoms with van der Waals surface area (Å²) in [4.78, 5) is 60.1. The Morgan fingerprint density at radius 1 is 0.744 bits per heavy atom. The van der Waals surface area contributed by atoms with Crippen molar-refractivity contribution < 1.29 is 76.1 Å². The number of hydrogen-bond donors (Lipinski definition) is 0. The lowest BCUT2D eigenvalue weighted by Crippen LogP contribution is -2.66. The Labute approximate surface area is 248 Å². The minimum atomic E-state index is -1.61. The summed E-state index contributed by atoms with van der Waals surface area (Å²) in [6.45, 7) is 11.9. The van der Waals surface area contributed by atoms with Gasteiger partial charge in [0.2, 0.25) is 0 Å². The summed E-state index contributed by atoms with van der Waals surface area (Å²) in [6.07, 6.45) is -11.1. The molecule has 0 radical (unpaired) electrons. The van der Waals surface area contributed by atoms with Gasteiger partial charge in [0.15, 0.2) is 37.0 Å². The Kier molecular flexibility index (Phi) is 11.6. The molecule has 0 aromatic rings. The highest BCUT2D eigenvalue weighted by Crippen LogP contribution is 2.41. The summed E-state index contributed by atoms with van der Waals surface area (Å²) in [7, 11) is 0. The van der Waals surface area contributed by atoms with Crippen molar-refractivity contribution in [2.24, 2.45) is 0 Å². The van der Waals surface area contributed by atoms with Crippen molar-refractivity contribution in [3.05, 3.63) is 12.7 Å². The van der Waals surface area contributed by atoms with Crippen molar-refractivity contribution >= 4 is 29.8 Å². The Bertz CT molecular complexity index is 1060. The first-order valence-electron chi connectivity index (χ1n) is 13.5. The number of hydrogen-bond acceptors (Lipinski definition) is 16. The molecule has 0 aromatic carbocycles. The number of esters is 5. The molecule has 1 unspecified atom stereocenters. The fraction of sp³-hybridized carbons (Fsp3) is 0.741. The van der Waals surface area contributed by atoms with E-state index >= 15 is 0 Å². The van der Waals surface area contributed by atoms with E-state index in [0.717, 1.165) is 27.7 Å². The van der Waals surface area contributed by atoms with Gasteiger partial charge >= 0.3 is 29.8 Å². The molecule has 0 saturated carbocycles. The van der Waals surface area contributed by atoms with Crippen LogP contribution in [-0.2, 0) is 76.1 Å². The molecular formula is C27H38O16. The van der Waals surface area contributed by atoms with Crippen LogP contribution in [0.3, 0.4) is 0 Å². The van der Waals surface area contributed by atoms with E-state index in [4.69, 9.17) is 52.1 Å². The van der Waals surface area contributed by atoms with E-state index < -0.39 is 104 Å².